The van der Waals surface area contributed by atoms with Crippen LogP contribution < -0.4 is 15.4 Å². The van der Waals surface area contributed by atoms with E-state index in [2.05, 4.69) is 10.6 Å². The normalized spacial score (nSPS) is 10.5. The van der Waals surface area contributed by atoms with Crippen LogP contribution in [0.4, 0.5) is 11.4 Å². The van der Waals surface area contributed by atoms with Gasteiger partial charge in [0.2, 0.25) is 0 Å². The smallest absolute Gasteiger partial charge is 0.262 e. The largest absolute Gasteiger partial charge is 0.484 e. The number of hydrogen-bond acceptors (Lipinski definition) is 4. The molecule has 0 saturated carbocycles. The fourth-order valence-electron chi connectivity index (χ4n) is 3.53. The second-order valence-electron chi connectivity index (χ2n) is 8.11. The maximum Gasteiger partial charge on any atom is 0.262 e. The number of ketones is 1. The summed E-state index contributed by atoms with van der Waals surface area (Å²) in [7, 11) is 0. The molecule has 4 rings (SSSR count). The molecule has 2 N–H and O–H groups in total. The SMILES string of the molecule is Cc1c(Cl)cccc1NC(=O)c1ccc(OCC(=O)Nc2ccc(Cl)cc2C(=O)c2ccccc2)cc1. The molecule has 6 nitrogen and oxygen atoms in total. The van der Waals surface area contributed by atoms with E-state index < -0.39 is 5.91 Å². The molecular weight excluding hydrogens is 511 g/mol. The Hall–Kier alpha value is -4.13. The molecule has 0 aliphatic carbocycles. The number of nitrogens with one attached hydrogen (secondary N) is 2. The molecule has 4 aromatic rings. The number of halogens is 2. The highest BCUT2D eigenvalue weighted by atomic mass is 35.5. The molecule has 0 spiro atoms. The average molecular weight is 533 g/mol. The molecule has 0 radical (unpaired) electrons. The predicted molar refractivity (Wildman–Crippen MR) is 146 cm³/mol. The zero-order valence-corrected chi connectivity index (χ0v) is 21.3. The second-order valence-corrected chi connectivity index (χ2v) is 8.96. The number of carbonyl (C=O) groups excluding carboxylic acids is 3. The summed E-state index contributed by atoms with van der Waals surface area (Å²) in [5.74, 6) is -0.612. The number of anilines is 2. The summed E-state index contributed by atoms with van der Waals surface area (Å²) in [6.45, 7) is 1.53. The molecule has 0 atom stereocenters. The van der Waals surface area contributed by atoms with Crippen LogP contribution in [0.25, 0.3) is 0 Å². The van der Waals surface area contributed by atoms with Crippen molar-refractivity contribution in [2.45, 2.75) is 6.92 Å². The first-order valence-electron chi connectivity index (χ1n) is 11.3. The van der Waals surface area contributed by atoms with E-state index in [9.17, 15) is 14.4 Å². The summed E-state index contributed by atoms with van der Waals surface area (Å²) in [6.07, 6.45) is 0. The van der Waals surface area contributed by atoms with Crippen molar-refractivity contribution in [3.63, 3.8) is 0 Å². The number of benzene rings is 4. The topological polar surface area (TPSA) is 84.5 Å². The van der Waals surface area contributed by atoms with E-state index in [1.165, 1.54) is 6.07 Å². The van der Waals surface area contributed by atoms with Crippen LogP contribution in [-0.4, -0.2) is 24.2 Å². The Bertz CT molecular complexity index is 1450. The molecular formula is C29H22Cl2N2O4. The van der Waals surface area contributed by atoms with Gasteiger partial charge in [-0.1, -0.05) is 59.6 Å². The molecule has 0 aliphatic rings. The van der Waals surface area contributed by atoms with E-state index in [4.69, 9.17) is 27.9 Å². The van der Waals surface area contributed by atoms with E-state index in [-0.39, 0.29) is 23.9 Å². The summed E-state index contributed by atoms with van der Waals surface area (Å²) in [6, 6.07) is 25.1. The van der Waals surface area contributed by atoms with Crippen molar-refractivity contribution in [2.75, 3.05) is 17.2 Å². The van der Waals surface area contributed by atoms with E-state index in [0.29, 0.717) is 38.3 Å². The van der Waals surface area contributed by atoms with Crippen LogP contribution in [0.3, 0.4) is 0 Å². The lowest BCUT2D eigenvalue weighted by Gasteiger charge is -2.12. The molecule has 0 saturated heterocycles. The van der Waals surface area contributed by atoms with Crippen LogP contribution in [-0.2, 0) is 4.79 Å². The predicted octanol–water partition coefficient (Wildman–Crippen LogP) is 6.80. The molecule has 8 heteroatoms. The monoisotopic (exact) mass is 532 g/mol. The molecule has 4 aromatic carbocycles. The minimum absolute atomic E-state index is 0.263. The lowest BCUT2D eigenvalue weighted by Crippen LogP contribution is -2.21. The number of ether oxygens (including phenoxy) is 1. The third-order valence-corrected chi connectivity index (χ3v) is 6.18. The molecule has 0 bridgehead atoms. The Kier molecular flexibility index (Phi) is 8.23. The van der Waals surface area contributed by atoms with E-state index in [0.717, 1.165) is 5.56 Å². The first kappa shape index (κ1) is 25.9. The van der Waals surface area contributed by atoms with Crippen molar-refractivity contribution < 1.29 is 19.1 Å². The van der Waals surface area contributed by atoms with Crippen LogP contribution in [0.2, 0.25) is 10.0 Å². The molecule has 0 aromatic heterocycles. The third-order valence-electron chi connectivity index (χ3n) is 5.54. The van der Waals surface area contributed by atoms with E-state index in [1.54, 1.807) is 78.9 Å². The summed E-state index contributed by atoms with van der Waals surface area (Å²) in [5, 5.41) is 6.48. The van der Waals surface area contributed by atoms with Crippen molar-refractivity contribution in [2.24, 2.45) is 0 Å². The van der Waals surface area contributed by atoms with Crippen molar-refractivity contribution in [1.29, 1.82) is 0 Å². The van der Waals surface area contributed by atoms with Gasteiger partial charge in [-0.2, -0.15) is 0 Å². The standard InChI is InChI=1S/C29H22Cl2N2O4/c1-18-24(31)8-5-9-25(18)33-29(36)20-10-13-22(14-11-20)37-17-27(34)32-26-15-12-21(30)16-23(26)28(35)19-6-3-2-4-7-19/h2-16H,17H2,1H3,(H,32,34)(H,33,36). The Morgan fingerprint density at radius 2 is 1.49 bits per heavy atom. The van der Waals surface area contributed by atoms with Crippen LogP contribution in [0.15, 0.2) is 91.0 Å². The highest BCUT2D eigenvalue weighted by Crippen LogP contribution is 2.25. The number of rotatable bonds is 8. The first-order valence-corrected chi connectivity index (χ1v) is 12.1. The van der Waals surface area contributed by atoms with Gasteiger partial charge in [0.15, 0.2) is 12.4 Å². The highest BCUT2D eigenvalue weighted by molar-refractivity contribution is 6.32. The van der Waals surface area contributed by atoms with Gasteiger partial charge in [0.1, 0.15) is 5.75 Å². The third kappa shape index (κ3) is 6.55. The summed E-state index contributed by atoms with van der Waals surface area (Å²) in [4.78, 5) is 38.1. The van der Waals surface area contributed by atoms with Gasteiger partial charge in [-0.3, -0.25) is 14.4 Å². The van der Waals surface area contributed by atoms with Crippen LogP contribution in [0.1, 0.15) is 31.8 Å². The lowest BCUT2D eigenvalue weighted by atomic mass is 10.0. The summed E-state index contributed by atoms with van der Waals surface area (Å²) >= 11 is 12.2. The maximum atomic E-state index is 12.9. The molecule has 0 aliphatic heterocycles. The summed E-state index contributed by atoms with van der Waals surface area (Å²) in [5.41, 5.74) is 2.90. The minimum Gasteiger partial charge on any atom is -0.484 e. The number of hydrogen-bond donors (Lipinski definition) is 2. The van der Waals surface area contributed by atoms with Gasteiger partial charge in [-0.25, -0.2) is 0 Å². The van der Waals surface area contributed by atoms with Crippen LogP contribution >= 0.6 is 23.2 Å². The van der Waals surface area contributed by atoms with Gasteiger partial charge in [0.25, 0.3) is 11.8 Å². The maximum absolute atomic E-state index is 12.9. The Morgan fingerprint density at radius 3 is 2.22 bits per heavy atom. The van der Waals surface area contributed by atoms with Gasteiger partial charge in [-0.05, 0) is 67.1 Å². The molecule has 0 heterocycles. The highest BCUT2D eigenvalue weighted by Gasteiger charge is 2.16. The number of carbonyl (C=O) groups is 3. The Balaban J connectivity index is 1.37. The zero-order valence-electron chi connectivity index (χ0n) is 19.8. The fourth-order valence-corrected chi connectivity index (χ4v) is 3.88. The summed E-state index contributed by atoms with van der Waals surface area (Å²) < 4.78 is 5.56. The molecule has 0 unspecified atom stereocenters. The van der Waals surface area contributed by atoms with Gasteiger partial charge in [0.05, 0.1) is 5.69 Å². The van der Waals surface area contributed by atoms with Gasteiger partial charge < -0.3 is 15.4 Å². The quantitative estimate of drug-likeness (QED) is 0.244. The van der Waals surface area contributed by atoms with Crippen molar-refractivity contribution >= 4 is 52.2 Å². The number of amides is 2. The average Bonchev–Trinajstić information content (AvgIpc) is 2.91. The Labute approximate surface area is 224 Å². The van der Waals surface area contributed by atoms with E-state index >= 15 is 0 Å². The van der Waals surface area contributed by atoms with Crippen LogP contribution in [0.5, 0.6) is 5.75 Å². The molecule has 186 valence electrons. The lowest BCUT2D eigenvalue weighted by molar-refractivity contribution is -0.118. The first-order chi connectivity index (χ1) is 17.8. The van der Waals surface area contributed by atoms with Crippen molar-refractivity contribution in [1.82, 2.24) is 0 Å². The van der Waals surface area contributed by atoms with Crippen molar-refractivity contribution in [3.05, 3.63) is 123 Å². The second kappa shape index (κ2) is 11.7. The molecule has 0 fully saturated rings. The Morgan fingerprint density at radius 1 is 0.757 bits per heavy atom. The van der Waals surface area contributed by atoms with Gasteiger partial charge in [-0.15, -0.1) is 0 Å². The van der Waals surface area contributed by atoms with Crippen LogP contribution in [0, 0.1) is 6.92 Å². The van der Waals surface area contributed by atoms with Gasteiger partial charge >= 0.3 is 0 Å². The minimum atomic E-state index is -0.456. The van der Waals surface area contributed by atoms with Crippen molar-refractivity contribution in [3.8, 4) is 5.75 Å². The zero-order chi connectivity index (χ0) is 26.4. The van der Waals surface area contributed by atoms with E-state index in [1.807, 2.05) is 13.0 Å². The molecule has 37 heavy (non-hydrogen) atoms. The fraction of sp³-hybridized carbons (Fsp3) is 0.0690. The van der Waals surface area contributed by atoms with Gasteiger partial charge in [0, 0.05) is 32.4 Å². The molecule has 2 amide bonds.